The molecule has 0 radical (unpaired) electrons. The molecule has 0 aliphatic rings. The van der Waals surface area contributed by atoms with Crippen molar-refractivity contribution in [2.45, 2.75) is 6.42 Å². The van der Waals surface area contributed by atoms with Crippen LogP contribution in [0.2, 0.25) is 5.02 Å². The van der Waals surface area contributed by atoms with Gasteiger partial charge in [0.1, 0.15) is 11.5 Å². The summed E-state index contributed by atoms with van der Waals surface area (Å²) in [6.45, 7) is 0. The molecule has 0 aliphatic heterocycles. The average molecular weight is 244 g/mol. The second-order valence-corrected chi connectivity index (χ2v) is 3.92. The third-order valence-electron chi connectivity index (χ3n) is 2.25. The maximum Gasteiger partial charge on any atom is 0.146 e. The number of benzene rings is 2. The van der Waals surface area contributed by atoms with Crippen molar-refractivity contribution in [1.82, 2.24) is 0 Å². The van der Waals surface area contributed by atoms with Gasteiger partial charge in [-0.25, -0.2) is 0 Å². The molecule has 0 N–H and O–H groups in total. The predicted molar refractivity (Wildman–Crippen MR) is 67.3 cm³/mol. The van der Waals surface area contributed by atoms with E-state index < -0.39 is 0 Å². The van der Waals surface area contributed by atoms with Gasteiger partial charge in [-0.1, -0.05) is 35.9 Å². The predicted octanol–water partition coefficient (Wildman–Crippen LogP) is 4.20. The fourth-order valence-electron chi connectivity index (χ4n) is 1.46. The van der Waals surface area contributed by atoms with Crippen LogP contribution < -0.4 is 4.74 Å². The minimum atomic E-state index is 0.375. The van der Waals surface area contributed by atoms with Crippen LogP contribution in [0.1, 0.15) is 5.56 Å². The van der Waals surface area contributed by atoms with Gasteiger partial charge in [0.05, 0.1) is 17.5 Å². The van der Waals surface area contributed by atoms with Crippen molar-refractivity contribution >= 4 is 11.6 Å². The lowest BCUT2D eigenvalue weighted by molar-refractivity contribution is 0.482. The second kappa shape index (κ2) is 5.38. The molecule has 3 heteroatoms. The smallest absolute Gasteiger partial charge is 0.146 e. The Bertz CT molecular complexity index is 560. The summed E-state index contributed by atoms with van der Waals surface area (Å²) in [7, 11) is 0. The molecular formula is C14H10ClNO. The molecular weight excluding hydrogens is 234 g/mol. The Kier molecular flexibility index (Phi) is 3.64. The van der Waals surface area contributed by atoms with E-state index in [1.54, 1.807) is 12.1 Å². The standard InChI is InChI=1S/C14H10ClNO/c15-13-6-1-2-7-14(13)17-12-5-3-4-11(10-12)8-9-16/h1-7,10H,8H2. The Balaban J connectivity index is 2.22. The van der Waals surface area contributed by atoms with Gasteiger partial charge in [-0.05, 0) is 29.8 Å². The zero-order valence-electron chi connectivity index (χ0n) is 9.06. The molecule has 0 amide bonds. The summed E-state index contributed by atoms with van der Waals surface area (Å²) < 4.78 is 5.65. The van der Waals surface area contributed by atoms with Crippen LogP contribution in [0.4, 0.5) is 0 Å². The first kappa shape index (κ1) is 11.5. The fraction of sp³-hybridized carbons (Fsp3) is 0.0714. The summed E-state index contributed by atoms with van der Waals surface area (Å²) >= 11 is 6.00. The number of hydrogen-bond acceptors (Lipinski definition) is 2. The first-order chi connectivity index (χ1) is 8.29. The van der Waals surface area contributed by atoms with Crippen molar-refractivity contribution in [2.24, 2.45) is 0 Å². The molecule has 0 aliphatic carbocycles. The van der Waals surface area contributed by atoms with E-state index in [1.807, 2.05) is 36.4 Å². The largest absolute Gasteiger partial charge is 0.456 e. The van der Waals surface area contributed by atoms with Crippen molar-refractivity contribution < 1.29 is 4.74 Å². The fourth-order valence-corrected chi connectivity index (χ4v) is 1.64. The van der Waals surface area contributed by atoms with Crippen LogP contribution in [-0.4, -0.2) is 0 Å². The highest BCUT2D eigenvalue weighted by atomic mass is 35.5. The molecule has 2 nitrogen and oxygen atoms in total. The highest BCUT2D eigenvalue weighted by molar-refractivity contribution is 6.32. The number of nitrogens with zero attached hydrogens (tertiary/aromatic N) is 1. The molecule has 0 aromatic heterocycles. The van der Waals surface area contributed by atoms with Gasteiger partial charge >= 0.3 is 0 Å². The highest BCUT2D eigenvalue weighted by Gasteiger charge is 2.02. The molecule has 0 saturated carbocycles. The molecule has 0 bridgehead atoms. The maximum absolute atomic E-state index is 8.63. The minimum absolute atomic E-state index is 0.375. The SMILES string of the molecule is N#CCc1cccc(Oc2ccccc2Cl)c1. The summed E-state index contributed by atoms with van der Waals surface area (Å²) in [6, 6.07) is 16.8. The van der Waals surface area contributed by atoms with Gasteiger partial charge in [-0.2, -0.15) is 5.26 Å². The maximum atomic E-state index is 8.63. The van der Waals surface area contributed by atoms with E-state index in [4.69, 9.17) is 21.6 Å². The van der Waals surface area contributed by atoms with Gasteiger partial charge in [-0.15, -0.1) is 0 Å². The number of hydrogen-bond donors (Lipinski definition) is 0. The second-order valence-electron chi connectivity index (χ2n) is 3.51. The molecule has 0 spiro atoms. The third kappa shape index (κ3) is 2.99. The molecule has 2 rings (SSSR count). The Morgan fingerprint density at radius 1 is 1.12 bits per heavy atom. The molecule has 84 valence electrons. The highest BCUT2D eigenvalue weighted by Crippen LogP contribution is 2.29. The summed E-state index contributed by atoms with van der Waals surface area (Å²) in [5.74, 6) is 1.30. The zero-order chi connectivity index (χ0) is 12.1. The number of nitriles is 1. The van der Waals surface area contributed by atoms with Crippen LogP contribution in [0.25, 0.3) is 0 Å². The summed E-state index contributed by atoms with van der Waals surface area (Å²) in [5, 5.41) is 9.20. The Labute approximate surface area is 105 Å². The van der Waals surface area contributed by atoms with E-state index in [0.29, 0.717) is 22.9 Å². The van der Waals surface area contributed by atoms with Gasteiger partial charge in [0.2, 0.25) is 0 Å². The molecule has 2 aromatic rings. The van der Waals surface area contributed by atoms with Crippen LogP contribution in [-0.2, 0) is 6.42 Å². The molecule has 0 saturated heterocycles. The molecule has 17 heavy (non-hydrogen) atoms. The lowest BCUT2D eigenvalue weighted by atomic mass is 10.1. The van der Waals surface area contributed by atoms with Crippen molar-refractivity contribution in [1.29, 1.82) is 5.26 Å². The van der Waals surface area contributed by atoms with Gasteiger partial charge in [-0.3, -0.25) is 0 Å². The molecule has 2 aromatic carbocycles. The number of halogens is 1. The Hall–Kier alpha value is -1.98. The lowest BCUT2D eigenvalue weighted by Crippen LogP contribution is -1.87. The topological polar surface area (TPSA) is 33.0 Å². The van der Waals surface area contributed by atoms with E-state index in [9.17, 15) is 0 Å². The molecule has 0 heterocycles. The molecule has 0 fully saturated rings. The summed E-state index contributed by atoms with van der Waals surface area (Å²) in [5.41, 5.74) is 0.928. The monoisotopic (exact) mass is 243 g/mol. The van der Waals surface area contributed by atoms with Crippen LogP contribution in [0.3, 0.4) is 0 Å². The lowest BCUT2D eigenvalue weighted by Gasteiger charge is -2.07. The van der Waals surface area contributed by atoms with Crippen LogP contribution in [0, 0.1) is 11.3 Å². The van der Waals surface area contributed by atoms with E-state index >= 15 is 0 Å². The Morgan fingerprint density at radius 2 is 1.94 bits per heavy atom. The van der Waals surface area contributed by atoms with Crippen molar-refractivity contribution in [3.8, 4) is 17.6 Å². The van der Waals surface area contributed by atoms with Crippen LogP contribution in [0.5, 0.6) is 11.5 Å². The van der Waals surface area contributed by atoms with E-state index in [2.05, 4.69) is 6.07 Å². The molecule has 0 unspecified atom stereocenters. The van der Waals surface area contributed by atoms with Crippen molar-refractivity contribution in [3.63, 3.8) is 0 Å². The number of para-hydroxylation sites is 1. The Morgan fingerprint density at radius 3 is 2.71 bits per heavy atom. The first-order valence-electron chi connectivity index (χ1n) is 5.18. The quantitative estimate of drug-likeness (QED) is 0.810. The minimum Gasteiger partial charge on any atom is -0.456 e. The van der Waals surface area contributed by atoms with Gasteiger partial charge < -0.3 is 4.74 Å². The summed E-state index contributed by atoms with van der Waals surface area (Å²) in [4.78, 5) is 0. The number of rotatable bonds is 3. The third-order valence-corrected chi connectivity index (χ3v) is 2.56. The normalized spacial score (nSPS) is 9.65. The van der Waals surface area contributed by atoms with Crippen molar-refractivity contribution in [2.75, 3.05) is 0 Å². The van der Waals surface area contributed by atoms with Gasteiger partial charge in [0.15, 0.2) is 0 Å². The van der Waals surface area contributed by atoms with E-state index in [-0.39, 0.29) is 0 Å². The zero-order valence-corrected chi connectivity index (χ0v) is 9.82. The summed E-state index contributed by atoms with van der Waals surface area (Å²) in [6.07, 6.45) is 0.375. The molecule has 0 atom stereocenters. The van der Waals surface area contributed by atoms with Crippen molar-refractivity contribution in [3.05, 3.63) is 59.1 Å². The van der Waals surface area contributed by atoms with E-state index in [0.717, 1.165) is 5.56 Å². The van der Waals surface area contributed by atoms with Crippen LogP contribution >= 0.6 is 11.6 Å². The number of ether oxygens (including phenoxy) is 1. The van der Waals surface area contributed by atoms with Gasteiger partial charge in [0, 0.05) is 0 Å². The first-order valence-corrected chi connectivity index (χ1v) is 5.55. The average Bonchev–Trinajstić information content (AvgIpc) is 2.33. The van der Waals surface area contributed by atoms with E-state index in [1.165, 1.54) is 0 Å². The van der Waals surface area contributed by atoms with Crippen LogP contribution in [0.15, 0.2) is 48.5 Å². The van der Waals surface area contributed by atoms with Gasteiger partial charge in [0.25, 0.3) is 0 Å².